The number of methoxy groups -OCH3 is 2. The van der Waals surface area contributed by atoms with E-state index in [9.17, 15) is 19.2 Å². The molecule has 0 bridgehead atoms. The van der Waals surface area contributed by atoms with E-state index in [1.165, 1.54) is 0 Å². The maximum absolute atomic E-state index is 13.7. The Bertz CT molecular complexity index is 4110. The number of rotatable bonds is 16. The van der Waals surface area contributed by atoms with Crippen LogP contribution in [0.1, 0.15) is 103 Å². The lowest BCUT2D eigenvalue weighted by Crippen LogP contribution is -2.51. The summed E-state index contributed by atoms with van der Waals surface area (Å²) in [5.41, 5.74) is 7.67. The Kier molecular flexibility index (Phi) is 16.0. The van der Waals surface area contributed by atoms with Crippen LogP contribution in [0, 0.1) is 0 Å². The van der Waals surface area contributed by atoms with Crippen molar-refractivity contribution in [1.29, 1.82) is 0 Å². The van der Waals surface area contributed by atoms with Crippen molar-refractivity contribution in [1.82, 2.24) is 68.7 Å². The van der Waals surface area contributed by atoms with Crippen LogP contribution in [0.4, 0.5) is 11.6 Å². The highest BCUT2D eigenvalue weighted by molar-refractivity contribution is 6.02. The van der Waals surface area contributed by atoms with Gasteiger partial charge in [-0.05, 0) is 81.2 Å². The average Bonchev–Trinajstić information content (AvgIpc) is 1.94. The number of hydrogen-bond acceptors (Lipinski definition) is 16. The maximum Gasteiger partial charge on any atom is 0.257 e. The van der Waals surface area contributed by atoms with Crippen LogP contribution < -0.4 is 20.9 Å². The largest absolute Gasteiger partial charge is 0.381 e. The molecule has 24 nitrogen and oxygen atoms in total. The number of anilines is 2. The summed E-state index contributed by atoms with van der Waals surface area (Å²) in [7, 11) is 7.18. The molecular weight excluding hydrogens is 1130 g/mol. The molecule has 4 amide bonds. The summed E-state index contributed by atoms with van der Waals surface area (Å²) in [4.78, 5) is 79.1. The predicted octanol–water partition coefficient (Wildman–Crippen LogP) is 6.89. The van der Waals surface area contributed by atoms with Crippen molar-refractivity contribution in [2.75, 3.05) is 78.0 Å². The molecule has 15 rings (SSSR count). The number of benzene rings is 1. The second kappa shape index (κ2) is 24.6. The van der Waals surface area contributed by atoms with Gasteiger partial charge in [0.25, 0.3) is 11.8 Å². The van der Waals surface area contributed by atoms with Crippen LogP contribution >= 0.6 is 0 Å². The second-order valence-electron chi connectivity index (χ2n) is 24.2. The SMILES string of the molecule is CNc1cc(-c2cn([C@@H]3CC(=O)N(C4CCOCC4)C3)c3ncccc23)nc2c(C(=O)NC3CC[C@@H]3OC)cnn12.CO[C@H]1CCC1NC(=O)c1cnn2c(N(C)Cc3ccccc3)cc(-c3cn([C@@H]4CC(=O)N(C5CCOCC5)C4)c4ncccc34)nc12. The van der Waals surface area contributed by atoms with E-state index in [4.69, 9.17) is 38.9 Å². The van der Waals surface area contributed by atoms with Crippen molar-refractivity contribution >= 4 is 68.6 Å². The fourth-order valence-corrected chi connectivity index (χ4v) is 13.8. The van der Waals surface area contributed by atoms with Gasteiger partial charge in [-0.3, -0.25) is 19.2 Å². The van der Waals surface area contributed by atoms with Gasteiger partial charge in [0.2, 0.25) is 11.8 Å². The van der Waals surface area contributed by atoms with Gasteiger partial charge in [-0.25, -0.2) is 19.9 Å². The van der Waals surface area contributed by atoms with Gasteiger partial charge in [0, 0.05) is 158 Å². The lowest BCUT2D eigenvalue weighted by Gasteiger charge is -2.35. The third-order valence-electron chi connectivity index (χ3n) is 19.0. The molecule has 0 radical (unpaired) electrons. The summed E-state index contributed by atoms with van der Waals surface area (Å²) in [6.45, 7) is 4.69. The number of carbonyl (C=O) groups excluding carboxylic acids is 4. The third-order valence-corrected chi connectivity index (χ3v) is 19.0. The topological polar surface area (TPSA) is 247 Å². The number of fused-ring (bicyclic) bond motifs is 4. The normalized spacial score (nSPS) is 22.4. The molecule has 9 aromatic rings. The zero-order chi connectivity index (χ0) is 60.9. The Hall–Kier alpha value is -8.84. The zero-order valence-corrected chi connectivity index (χ0v) is 50.5. The van der Waals surface area contributed by atoms with Gasteiger partial charge in [-0.1, -0.05) is 30.3 Å². The first-order chi connectivity index (χ1) is 43.5. The minimum Gasteiger partial charge on any atom is -0.381 e. The van der Waals surface area contributed by atoms with Crippen LogP contribution in [-0.2, 0) is 35.1 Å². The molecule has 2 unspecified atom stereocenters. The van der Waals surface area contributed by atoms with E-state index < -0.39 is 0 Å². The molecule has 6 fully saturated rings. The summed E-state index contributed by atoms with van der Waals surface area (Å²) < 4.78 is 29.7. The summed E-state index contributed by atoms with van der Waals surface area (Å²) in [6.07, 6.45) is 18.8. The summed E-state index contributed by atoms with van der Waals surface area (Å²) in [5, 5.41) is 20.4. The number of nitrogens with one attached hydrogen (secondary N) is 3. The molecule has 12 heterocycles. The smallest absolute Gasteiger partial charge is 0.257 e. The van der Waals surface area contributed by atoms with Gasteiger partial charge in [-0.15, -0.1) is 0 Å². The van der Waals surface area contributed by atoms with Crippen molar-refractivity contribution in [2.45, 2.75) is 119 Å². The van der Waals surface area contributed by atoms with Crippen molar-refractivity contribution in [3.05, 3.63) is 121 Å². The molecule has 24 heteroatoms. The van der Waals surface area contributed by atoms with Crippen LogP contribution in [0.25, 0.3) is 55.9 Å². The number of aromatic nitrogens is 10. The molecule has 89 heavy (non-hydrogen) atoms. The molecule has 8 aromatic heterocycles. The number of nitrogens with zero attached hydrogens (tertiary/aromatic N) is 13. The molecule has 3 N–H and O–H groups in total. The van der Waals surface area contributed by atoms with Gasteiger partial charge < -0.3 is 58.7 Å². The fourth-order valence-electron chi connectivity index (χ4n) is 13.8. The van der Waals surface area contributed by atoms with Crippen LogP contribution in [-0.4, -0.2) is 186 Å². The van der Waals surface area contributed by atoms with E-state index in [0.717, 1.165) is 95.9 Å². The van der Waals surface area contributed by atoms with Gasteiger partial charge in [-0.2, -0.15) is 19.2 Å². The van der Waals surface area contributed by atoms with E-state index >= 15 is 0 Å². The van der Waals surface area contributed by atoms with Crippen LogP contribution in [0.5, 0.6) is 0 Å². The van der Waals surface area contributed by atoms with Crippen molar-refractivity contribution < 1.29 is 38.1 Å². The second-order valence-corrected chi connectivity index (χ2v) is 24.2. The highest BCUT2D eigenvalue weighted by Crippen LogP contribution is 2.39. The highest BCUT2D eigenvalue weighted by atomic mass is 16.5. The van der Waals surface area contributed by atoms with E-state index in [-0.39, 0.29) is 72.1 Å². The predicted molar refractivity (Wildman–Crippen MR) is 333 cm³/mol. The summed E-state index contributed by atoms with van der Waals surface area (Å²) in [5.74, 6) is 1.40. The average molecular weight is 1210 g/mol. The Balaban J connectivity index is 0.000000158. The first-order valence-electron chi connectivity index (χ1n) is 31.1. The molecule has 2 saturated carbocycles. The van der Waals surface area contributed by atoms with Crippen LogP contribution in [0.2, 0.25) is 0 Å². The molecule has 462 valence electrons. The van der Waals surface area contributed by atoms with Crippen molar-refractivity contribution in [3.8, 4) is 22.5 Å². The lowest BCUT2D eigenvalue weighted by atomic mass is 9.89. The number of hydrogen-bond donors (Lipinski definition) is 3. The summed E-state index contributed by atoms with van der Waals surface area (Å²) in [6, 6.07) is 22.4. The first kappa shape index (κ1) is 57.9. The van der Waals surface area contributed by atoms with Crippen molar-refractivity contribution in [3.63, 3.8) is 0 Å². The summed E-state index contributed by atoms with van der Waals surface area (Å²) >= 11 is 0. The minimum absolute atomic E-state index is 0.00958. The quantitative estimate of drug-likeness (QED) is 0.0891. The Morgan fingerprint density at radius 2 is 1.10 bits per heavy atom. The van der Waals surface area contributed by atoms with Gasteiger partial charge in [0.15, 0.2) is 11.3 Å². The number of ether oxygens (including phenoxy) is 4. The van der Waals surface area contributed by atoms with E-state index in [0.29, 0.717) is 98.5 Å². The van der Waals surface area contributed by atoms with Gasteiger partial charge >= 0.3 is 0 Å². The maximum atomic E-state index is 13.7. The molecular formula is C65H74N16O8. The van der Waals surface area contributed by atoms with E-state index in [1.807, 2.05) is 78.5 Å². The lowest BCUT2D eigenvalue weighted by molar-refractivity contribution is -0.132. The van der Waals surface area contributed by atoms with E-state index in [1.54, 1.807) is 48.0 Å². The zero-order valence-electron chi connectivity index (χ0n) is 50.5. The molecule has 0 spiro atoms. The first-order valence-corrected chi connectivity index (χ1v) is 31.1. The molecule has 4 aliphatic heterocycles. The minimum atomic E-state index is -0.222. The molecule has 6 atom stereocenters. The Labute approximate surface area is 513 Å². The standard InChI is InChI=1S/C36H40N8O4.C29H34N8O4/c1-41(20-23-7-4-3-5-8-23)32-18-30(39-35-27(19-38-44(32)35)36(46)40-29-10-11-31(29)47-2)28-22-43(34-26(28)9-6-14-37-34)25-17-33(45)42(21-25)24-12-15-48-16-13-24;1-30-25-13-23(33-28-20(14-32-37(25)28)29(39)34-22-5-6-24(22)40-2)21-16-36(27-19(21)4-3-9-31-27)18-12-26(38)35(15-18)17-7-10-41-11-8-17/h3-9,14,18-19,22,24-25,29,31H,10-13,15-17,20-21H2,1-2H3,(H,40,46);3-4,9,13-14,16-18,22,24,30H,5-8,10-12,15H2,1-2H3,(H,34,39)/t25-,29?,31+;18-,22?,24+/m11/s1. The van der Waals surface area contributed by atoms with E-state index in [2.05, 4.69) is 64.7 Å². The fraction of sp³-hybridized carbons (Fsp3) is 0.446. The third kappa shape index (κ3) is 11.0. The molecule has 2 aliphatic carbocycles. The number of carbonyl (C=O) groups is 4. The van der Waals surface area contributed by atoms with Crippen LogP contribution in [0.3, 0.4) is 0 Å². The monoisotopic (exact) mass is 1210 g/mol. The Morgan fingerprint density at radius 3 is 1.58 bits per heavy atom. The molecule has 4 saturated heterocycles. The highest BCUT2D eigenvalue weighted by Gasteiger charge is 2.40. The molecule has 6 aliphatic rings. The van der Waals surface area contributed by atoms with Crippen LogP contribution in [0.15, 0.2) is 104 Å². The number of amides is 4. The molecule has 1 aromatic carbocycles. The number of likely N-dealkylation sites (tertiary alicyclic amines) is 2. The number of pyridine rings is 2. The van der Waals surface area contributed by atoms with Crippen molar-refractivity contribution in [2.24, 2.45) is 0 Å². The van der Waals surface area contributed by atoms with Gasteiger partial charge in [0.1, 0.15) is 34.1 Å². The Morgan fingerprint density at radius 1 is 0.607 bits per heavy atom. The van der Waals surface area contributed by atoms with Gasteiger partial charge in [0.05, 0.1) is 60.2 Å².